The Labute approximate surface area is 116 Å². The highest BCUT2D eigenvalue weighted by Gasteiger charge is 2.33. The summed E-state index contributed by atoms with van der Waals surface area (Å²) in [6, 6.07) is 4.51. The van der Waals surface area contributed by atoms with Gasteiger partial charge in [0.25, 0.3) is 0 Å². The minimum Gasteiger partial charge on any atom is -0.374 e. The van der Waals surface area contributed by atoms with Crippen LogP contribution < -0.4 is 10.2 Å². The molecule has 0 bridgehead atoms. The predicted octanol–water partition coefficient (Wildman–Crippen LogP) is 3.22. The van der Waals surface area contributed by atoms with Gasteiger partial charge in [-0.1, -0.05) is 6.07 Å². The van der Waals surface area contributed by atoms with E-state index in [9.17, 15) is 13.2 Å². The molecule has 0 aliphatic rings. The lowest BCUT2D eigenvalue weighted by Gasteiger charge is -2.21. The number of thioether (sulfide) groups is 1. The van der Waals surface area contributed by atoms with Crippen LogP contribution >= 0.6 is 11.8 Å². The molecular formula is C13H19F3N2S. The summed E-state index contributed by atoms with van der Waals surface area (Å²) >= 11 is 1.67. The van der Waals surface area contributed by atoms with Crippen molar-refractivity contribution < 1.29 is 13.2 Å². The van der Waals surface area contributed by atoms with Crippen LogP contribution in [0, 0.1) is 0 Å². The molecule has 1 aromatic carbocycles. The van der Waals surface area contributed by atoms with E-state index in [1.165, 1.54) is 6.07 Å². The summed E-state index contributed by atoms with van der Waals surface area (Å²) in [5.41, 5.74) is 0.314. The Morgan fingerprint density at radius 1 is 1.32 bits per heavy atom. The number of anilines is 1. The third-order valence-electron chi connectivity index (χ3n) is 2.84. The van der Waals surface area contributed by atoms with Gasteiger partial charge in [-0.2, -0.15) is 24.9 Å². The molecule has 0 aliphatic carbocycles. The Morgan fingerprint density at radius 2 is 2.00 bits per heavy atom. The van der Waals surface area contributed by atoms with Gasteiger partial charge in [-0.05, 0) is 31.0 Å². The molecule has 0 aliphatic heterocycles. The predicted molar refractivity (Wildman–Crippen MR) is 75.9 cm³/mol. The van der Waals surface area contributed by atoms with Crippen LogP contribution in [-0.2, 0) is 12.7 Å². The molecule has 1 N–H and O–H groups in total. The smallest absolute Gasteiger partial charge is 0.374 e. The fourth-order valence-electron chi connectivity index (χ4n) is 1.77. The SMILES string of the molecule is CNCc1ccc(N(C)CCSC)cc1C(F)(F)F. The van der Waals surface area contributed by atoms with Crippen molar-refractivity contribution in [2.24, 2.45) is 0 Å². The van der Waals surface area contributed by atoms with Gasteiger partial charge in [-0.15, -0.1) is 0 Å². The highest BCUT2D eigenvalue weighted by molar-refractivity contribution is 7.98. The lowest BCUT2D eigenvalue weighted by Crippen LogP contribution is -2.22. The molecule has 0 saturated heterocycles. The molecule has 108 valence electrons. The molecule has 0 amide bonds. The Balaban J connectivity index is 3.04. The number of nitrogens with one attached hydrogen (secondary N) is 1. The lowest BCUT2D eigenvalue weighted by molar-refractivity contribution is -0.138. The molecule has 1 aromatic rings. The highest BCUT2D eigenvalue weighted by Crippen LogP contribution is 2.34. The molecular weight excluding hydrogens is 273 g/mol. The Hall–Kier alpha value is -0.880. The van der Waals surface area contributed by atoms with Gasteiger partial charge in [0.1, 0.15) is 0 Å². The molecule has 6 heteroatoms. The first-order valence-electron chi connectivity index (χ1n) is 5.95. The Bertz CT molecular complexity index is 407. The van der Waals surface area contributed by atoms with Crippen LogP contribution in [0.2, 0.25) is 0 Å². The Kier molecular flexibility index (Phi) is 6.00. The van der Waals surface area contributed by atoms with Crippen molar-refractivity contribution in [1.82, 2.24) is 5.32 Å². The van der Waals surface area contributed by atoms with Crippen molar-refractivity contribution in [2.75, 3.05) is 37.5 Å². The van der Waals surface area contributed by atoms with E-state index in [1.807, 2.05) is 18.2 Å². The summed E-state index contributed by atoms with van der Waals surface area (Å²) in [5.74, 6) is 0.885. The highest BCUT2D eigenvalue weighted by atomic mass is 32.2. The summed E-state index contributed by atoms with van der Waals surface area (Å²) in [7, 11) is 3.45. The normalized spacial score (nSPS) is 11.7. The topological polar surface area (TPSA) is 15.3 Å². The van der Waals surface area contributed by atoms with Gasteiger partial charge in [0.15, 0.2) is 0 Å². The monoisotopic (exact) mass is 292 g/mol. The first-order chi connectivity index (χ1) is 8.90. The zero-order valence-electron chi connectivity index (χ0n) is 11.3. The minimum absolute atomic E-state index is 0.212. The molecule has 0 spiro atoms. The molecule has 0 fully saturated rings. The van der Waals surface area contributed by atoms with E-state index in [1.54, 1.807) is 30.9 Å². The third kappa shape index (κ3) is 4.62. The molecule has 19 heavy (non-hydrogen) atoms. The fraction of sp³-hybridized carbons (Fsp3) is 0.538. The van der Waals surface area contributed by atoms with Crippen LogP contribution in [0.25, 0.3) is 0 Å². The van der Waals surface area contributed by atoms with Crippen LogP contribution in [0.4, 0.5) is 18.9 Å². The molecule has 0 saturated carbocycles. The van der Waals surface area contributed by atoms with Crippen LogP contribution in [0.3, 0.4) is 0 Å². The fourth-order valence-corrected chi connectivity index (χ4v) is 2.22. The van der Waals surface area contributed by atoms with E-state index in [4.69, 9.17) is 0 Å². The van der Waals surface area contributed by atoms with Crippen molar-refractivity contribution >= 4 is 17.4 Å². The molecule has 2 nitrogen and oxygen atoms in total. The Morgan fingerprint density at radius 3 is 2.53 bits per heavy atom. The third-order valence-corrected chi connectivity index (χ3v) is 3.43. The zero-order chi connectivity index (χ0) is 14.5. The van der Waals surface area contributed by atoms with E-state index >= 15 is 0 Å². The summed E-state index contributed by atoms with van der Waals surface area (Å²) in [4.78, 5) is 1.84. The van der Waals surface area contributed by atoms with E-state index in [0.717, 1.165) is 12.3 Å². The number of hydrogen-bond acceptors (Lipinski definition) is 3. The zero-order valence-corrected chi connectivity index (χ0v) is 12.2. The molecule has 1 rings (SSSR count). The van der Waals surface area contributed by atoms with Crippen molar-refractivity contribution in [1.29, 1.82) is 0 Å². The van der Waals surface area contributed by atoms with Gasteiger partial charge in [0, 0.05) is 31.6 Å². The van der Waals surface area contributed by atoms with Crippen molar-refractivity contribution in [2.45, 2.75) is 12.7 Å². The van der Waals surface area contributed by atoms with Crippen LogP contribution in [0.5, 0.6) is 0 Å². The summed E-state index contributed by atoms with van der Waals surface area (Å²) < 4.78 is 39.1. The maximum absolute atomic E-state index is 13.0. The van der Waals surface area contributed by atoms with Gasteiger partial charge in [-0.3, -0.25) is 0 Å². The van der Waals surface area contributed by atoms with Crippen molar-refractivity contribution in [3.8, 4) is 0 Å². The number of benzene rings is 1. The first-order valence-corrected chi connectivity index (χ1v) is 7.34. The molecule has 0 heterocycles. The standard InChI is InChI=1S/C13H19F3N2S/c1-17-9-10-4-5-11(18(2)6-7-19-3)8-12(10)13(14,15)16/h4-5,8,17H,6-7,9H2,1-3H3. The van der Waals surface area contributed by atoms with Crippen LogP contribution in [-0.4, -0.2) is 32.6 Å². The number of alkyl halides is 3. The summed E-state index contributed by atoms with van der Waals surface area (Å²) in [6.07, 6.45) is -2.34. The average Bonchev–Trinajstić information content (AvgIpc) is 2.35. The second-order valence-electron chi connectivity index (χ2n) is 4.28. The summed E-state index contributed by atoms with van der Waals surface area (Å²) in [6.45, 7) is 0.938. The lowest BCUT2D eigenvalue weighted by atomic mass is 10.1. The maximum atomic E-state index is 13.0. The van der Waals surface area contributed by atoms with Crippen molar-refractivity contribution in [3.05, 3.63) is 29.3 Å². The van der Waals surface area contributed by atoms with E-state index < -0.39 is 11.7 Å². The number of rotatable bonds is 6. The van der Waals surface area contributed by atoms with Gasteiger partial charge < -0.3 is 10.2 Å². The molecule has 0 atom stereocenters. The van der Waals surface area contributed by atoms with Gasteiger partial charge >= 0.3 is 6.18 Å². The second-order valence-corrected chi connectivity index (χ2v) is 5.27. The molecule has 0 unspecified atom stereocenters. The largest absolute Gasteiger partial charge is 0.416 e. The number of halogens is 3. The first kappa shape index (κ1) is 16.2. The minimum atomic E-state index is -4.32. The van der Waals surface area contributed by atoms with E-state index in [2.05, 4.69) is 5.32 Å². The van der Waals surface area contributed by atoms with Crippen LogP contribution in [0.1, 0.15) is 11.1 Å². The molecule has 0 radical (unpaired) electrons. The molecule has 0 aromatic heterocycles. The number of hydrogen-bond donors (Lipinski definition) is 1. The van der Waals surface area contributed by atoms with Crippen LogP contribution in [0.15, 0.2) is 18.2 Å². The second kappa shape index (κ2) is 7.05. The number of nitrogens with zero attached hydrogens (tertiary/aromatic N) is 1. The van der Waals surface area contributed by atoms with Gasteiger partial charge in [0.2, 0.25) is 0 Å². The van der Waals surface area contributed by atoms with Gasteiger partial charge in [-0.25, -0.2) is 0 Å². The maximum Gasteiger partial charge on any atom is 0.416 e. The summed E-state index contributed by atoms with van der Waals surface area (Å²) in [5, 5.41) is 2.76. The van der Waals surface area contributed by atoms with Crippen molar-refractivity contribution in [3.63, 3.8) is 0 Å². The average molecular weight is 292 g/mol. The van der Waals surface area contributed by atoms with E-state index in [0.29, 0.717) is 5.69 Å². The van der Waals surface area contributed by atoms with Gasteiger partial charge in [0.05, 0.1) is 5.56 Å². The quantitative estimate of drug-likeness (QED) is 0.866. The van der Waals surface area contributed by atoms with E-state index in [-0.39, 0.29) is 12.1 Å².